The molecule has 0 aliphatic rings. The maximum Gasteiger partial charge on any atom is 0.214 e. The van der Waals surface area contributed by atoms with Crippen LogP contribution in [0.25, 0.3) is 0 Å². The summed E-state index contributed by atoms with van der Waals surface area (Å²) in [6.45, 7) is 0. The summed E-state index contributed by atoms with van der Waals surface area (Å²) in [6, 6.07) is 4.32. The standard InChI is InChI=1S/C9H6FIO2S/c1-14(12,13)5-4-7-2-3-9(11)8(10)6-7/h2-3,6H,1H3. The van der Waals surface area contributed by atoms with Crippen LogP contribution in [-0.4, -0.2) is 14.7 Å². The van der Waals surface area contributed by atoms with Crippen molar-refractivity contribution in [1.82, 2.24) is 0 Å². The Morgan fingerprint density at radius 3 is 2.57 bits per heavy atom. The van der Waals surface area contributed by atoms with Gasteiger partial charge in [0.1, 0.15) is 5.82 Å². The van der Waals surface area contributed by atoms with Gasteiger partial charge in [0.15, 0.2) is 0 Å². The zero-order valence-corrected chi connectivity index (χ0v) is 10.2. The highest BCUT2D eigenvalue weighted by molar-refractivity contribution is 14.1. The van der Waals surface area contributed by atoms with Gasteiger partial charge in [0.05, 0.1) is 6.26 Å². The van der Waals surface area contributed by atoms with Crippen molar-refractivity contribution >= 4 is 32.4 Å². The third kappa shape index (κ3) is 3.64. The lowest BCUT2D eigenvalue weighted by Gasteiger charge is -1.93. The molecule has 0 aliphatic heterocycles. The van der Waals surface area contributed by atoms with Crippen LogP contribution < -0.4 is 0 Å². The normalized spacial score (nSPS) is 10.5. The minimum Gasteiger partial charge on any atom is -0.216 e. The Balaban J connectivity index is 3.10. The molecular weight excluding hydrogens is 318 g/mol. The highest BCUT2D eigenvalue weighted by atomic mass is 127. The van der Waals surface area contributed by atoms with E-state index in [1.807, 2.05) is 27.8 Å². The Morgan fingerprint density at radius 1 is 1.43 bits per heavy atom. The van der Waals surface area contributed by atoms with E-state index in [-0.39, 0.29) is 0 Å². The Hall–Kier alpha value is -0.610. The molecule has 0 atom stereocenters. The van der Waals surface area contributed by atoms with Gasteiger partial charge in [-0.2, -0.15) is 0 Å². The molecule has 0 heterocycles. The minimum atomic E-state index is -3.33. The fourth-order valence-electron chi connectivity index (χ4n) is 0.726. The van der Waals surface area contributed by atoms with Crippen molar-refractivity contribution in [2.24, 2.45) is 0 Å². The Kier molecular flexibility index (Phi) is 3.50. The van der Waals surface area contributed by atoms with Crippen LogP contribution in [0, 0.1) is 20.6 Å². The predicted molar refractivity (Wildman–Crippen MR) is 60.8 cm³/mol. The third-order valence-corrected chi connectivity index (χ3v) is 2.65. The molecule has 0 N–H and O–H groups in total. The number of hydrogen-bond acceptors (Lipinski definition) is 2. The topological polar surface area (TPSA) is 34.1 Å². The summed E-state index contributed by atoms with van der Waals surface area (Å²) in [5.74, 6) is 1.97. The Morgan fingerprint density at radius 2 is 2.07 bits per heavy atom. The van der Waals surface area contributed by atoms with E-state index in [1.165, 1.54) is 6.07 Å². The number of benzene rings is 1. The van der Waals surface area contributed by atoms with Crippen LogP contribution in [0.15, 0.2) is 18.2 Å². The van der Waals surface area contributed by atoms with Crippen LogP contribution in [0.1, 0.15) is 5.56 Å². The minimum absolute atomic E-state index is 0.355. The van der Waals surface area contributed by atoms with E-state index >= 15 is 0 Å². The largest absolute Gasteiger partial charge is 0.216 e. The molecule has 1 aromatic carbocycles. The molecule has 0 unspecified atom stereocenters. The van der Waals surface area contributed by atoms with Crippen molar-refractivity contribution in [3.05, 3.63) is 33.1 Å². The van der Waals surface area contributed by atoms with Crippen molar-refractivity contribution in [2.45, 2.75) is 0 Å². The first-order valence-corrected chi connectivity index (χ1v) is 6.53. The molecule has 1 aromatic rings. The molecule has 0 bridgehead atoms. The number of halogens is 2. The third-order valence-electron chi connectivity index (χ3n) is 1.30. The summed E-state index contributed by atoms with van der Waals surface area (Å²) in [5.41, 5.74) is 0.355. The number of sulfone groups is 1. The molecule has 2 nitrogen and oxygen atoms in total. The first kappa shape index (κ1) is 11.5. The molecule has 14 heavy (non-hydrogen) atoms. The zero-order valence-electron chi connectivity index (χ0n) is 7.21. The Bertz CT molecular complexity index is 511. The van der Waals surface area contributed by atoms with Crippen LogP contribution in [0.2, 0.25) is 0 Å². The number of hydrogen-bond donors (Lipinski definition) is 0. The molecule has 0 radical (unpaired) electrons. The van der Waals surface area contributed by atoms with Gasteiger partial charge >= 0.3 is 0 Å². The van der Waals surface area contributed by atoms with Crippen LogP contribution in [0.5, 0.6) is 0 Å². The summed E-state index contributed by atoms with van der Waals surface area (Å²) in [7, 11) is -3.33. The molecular formula is C9H6FIO2S. The Labute approximate surface area is 95.6 Å². The average Bonchev–Trinajstić information content (AvgIpc) is 2.06. The van der Waals surface area contributed by atoms with E-state index in [9.17, 15) is 12.8 Å². The van der Waals surface area contributed by atoms with Crippen molar-refractivity contribution in [3.63, 3.8) is 0 Å². The maximum absolute atomic E-state index is 13.0. The summed E-state index contributed by atoms with van der Waals surface area (Å²) >= 11 is 1.84. The first-order valence-electron chi connectivity index (χ1n) is 3.56. The zero-order chi connectivity index (χ0) is 10.8. The van der Waals surface area contributed by atoms with Gasteiger partial charge in [-0.05, 0) is 46.7 Å². The van der Waals surface area contributed by atoms with Gasteiger partial charge in [-0.1, -0.05) is 0 Å². The molecule has 0 fully saturated rings. The SMILES string of the molecule is CS(=O)(=O)C#Cc1ccc(I)c(F)c1. The average molecular weight is 324 g/mol. The quantitative estimate of drug-likeness (QED) is 0.539. The van der Waals surface area contributed by atoms with Gasteiger partial charge in [0.2, 0.25) is 9.84 Å². The van der Waals surface area contributed by atoms with E-state index in [0.717, 1.165) is 6.26 Å². The van der Waals surface area contributed by atoms with Crippen molar-refractivity contribution in [3.8, 4) is 11.2 Å². The highest BCUT2D eigenvalue weighted by Crippen LogP contribution is 2.11. The van der Waals surface area contributed by atoms with Crippen molar-refractivity contribution in [2.75, 3.05) is 6.26 Å². The predicted octanol–water partition coefficient (Wildman–Crippen LogP) is 1.78. The van der Waals surface area contributed by atoms with E-state index in [4.69, 9.17) is 0 Å². The fourth-order valence-corrected chi connectivity index (χ4v) is 1.36. The van der Waals surface area contributed by atoms with E-state index in [0.29, 0.717) is 9.13 Å². The first-order chi connectivity index (χ1) is 6.38. The molecule has 0 spiro atoms. The molecule has 1 rings (SSSR count). The van der Waals surface area contributed by atoms with Gasteiger partial charge < -0.3 is 0 Å². The second-order valence-corrected chi connectivity index (χ2v) is 5.54. The van der Waals surface area contributed by atoms with Gasteiger partial charge in [-0.3, -0.25) is 0 Å². The van der Waals surface area contributed by atoms with E-state index in [2.05, 4.69) is 5.92 Å². The molecule has 0 aromatic heterocycles. The molecule has 74 valence electrons. The molecule has 0 aliphatic carbocycles. The second kappa shape index (κ2) is 4.28. The lowest BCUT2D eigenvalue weighted by atomic mass is 10.2. The second-order valence-electron chi connectivity index (χ2n) is 2.63. The summed E-state index contributed by atoms with van der Waals surface area (Å²) in [5, 5.41) is 2.04. The molecule has 0 amide bonds. The van der Waals surface area contributed by atoms with Crippen molar-refractivity contribution in [1.29, 1.82) is 0 Å². The van der Waals surface area contributed by atoms with E-state index in [1.54, 1.807) is 12.1 Å². The molecule has 0 saturated carbocycles. The van der Waals surface area contributed by atoms with Crippen LogP contribution in [-0.2, 0) is 9.84 Å². The van der Waals surface area contributed by atoms with E-state index < -0.39 is 15.7 Å². The molecule has 0 saturated heterocycles. The smallest absolute Gasteiger partial charge is 0.214 e. The summed E-state index contributed by atoms with van der Waals surface area (Å²) in [4.78, 5) is 0. The summed E-state index contributed by atoms with van der Waals surface area (Å²) in [6.07, 6.45) is 1.00. The van der Waals surface area contributed by atoms with Gasteiger partial charge in [-0.25, -0.2) is 12.8 Å². The summed E-state index contributed by atoms with van der Waals surface area (Å²) < 4.78 is 34.8. The maximum atomic E-state index is 13.0. The van der Waals surface area contributed by atoms with Crippen LogP contribution in [0.3, 0.4) is 0 Å². The van der Waals surface area contributed by atoms with Gasteiger partial charge in [-0.15, -0.1) is 0 Å². The van der Waals surface area contributed by atoms with Gasteiger partial charge in [0.25, 0.3) is 0 Å². The van der Waals surface area contributed by atoms with Gasteiger partial charge in [0, 0.05) is 14.4 Å². The van der Waals surface area contributed by atoms with Crippen molar-refractivity contribution < 1.29 is 12.8 Å². The highest BCUT2D eigenvalue weighted by Gasteiger charge is 1.98. The monoisotopic (exact) mass is 324 g/mol. The fraction of sp³-hybridized carbons (Fsp3) is 0.111. The lowest BCUT2D eigenvalue weighted by Crippen LogP contribution is -1.89. The molecule has 5 heteroatoms. The van der Waals surface area contributed by atoms with Crippen LogP contribution >= 0.6 is 22.6 Å². The lowest BCUT2D eigenvalue weighted by molar-refractivity contribution is 0.611. The van der Waals surface area contributed by atoms with Crippen LogP contribution in [0.4, 0.5) is 4.39 Å². The number of rotatable bonds is 0.